The Kier molecular flexibility index (Phi) is 3.24. The summed E-state index contributed by atoms with van der Waals surface area (Å²) in [6, 6.07) is 0. The molecule has 100 valence electrons. The molecule has 4 atom stereocenters. The molecule has 0 aromatic heterocycles. The largest absolute Gasteiger partial charge is 0.382 e. The van der Waals surface area contributed by atoms with Crippen LogP contribution in [0.4, 0.5) is 0 Å². The van der Waals surface area contributed by atoms with Gasteiger partial charge < -0.3 is 9.84 Å². The summed E-state index contributed by atoms with van der Waals surface area (Å²) in [5.74, 6) is -0.310. The Labute approximate surface area is 109 Å². The molecular formula is C15H22O3. The number of fused-ring (bicyclic) bond motifs is 2. The first kappa shape index (κ1) is 13.5. The highest BCUT2D eigenvalue weighted by Gasteiger charge is 2.60. The van der Waals surface area contributed by atoms with Crippen LogP contribution in [0.5, 0.6) is 0 Å². The Morgan fingerprint density at radius 3 is 2.78 bits per heavy atom. The maximum Gasteiger partial charge on any atom is 0.170 e. The zero-order chi connectivity index (χ0) is 13.6. The molecule has 0 amide bonds. The number of allylic oxidation sites excluding steroid dienone is 1. The molecule has 3 nitrogen and oxygen atoms in total. The number of rotatable bonds is 4. The standard InChI is InChI=1S/C15H22O3/c1-5-6-7-11-12(16)13(17)15(10(2)3)9-8-14(11,4)18-15/h5,8-11,13,17H,1,6-7H2,2-4H3/t11-,13-,14-,15-/m1/s1. The summed E-state index contributed by atoms with van der Waals surface area (Å²) in [5, 5.41) is 10.3. The van der Waals surface area contributed by atoms with E-state index in [1.165, 1.54) is 0 Å². The number of ketones is 1. The SMILES string of the molecule is C=CCC[C@@H]1C(=O)[C@@H](O)[C@]2(C(C)C)C=C[C@@]1(C)O2. The smallest absolute Gasteiger partial charge is 0.170 e. The van der Waals surface area contributed by atoms with Crippen LogP contribution in [0.1, 0.15) is 33.6 Å². The Morgan fingerprint density at radius 2 is 2.22 bits per heavy atom. The van der Waals surface area contributed by atoms with Crippen LogP contribution in [0, 0.1) is 11.8 Å². The quantitative estimate of drug-likeness (QED) is 0.778. The third-order valence-electron chi connectivity index (χ3n) is 4.37. The molecular weight excluding hydrogens is 228 g/mol. The number of aliphatic hydroxyl groups is 1. The fraction of sp³-hybridized carbons (Fsp3) is 0.667. The zero-order valence-corrected chi connectivity index (χ0v) is 11.3. The van der Waals surface area contributed by atoms with Gasteiger partial charge >= 0.3 is 0 Å². The number of hydrogen-bond donors (Lipinski definition) is 1. The fourth-order valence-corrected chi connectivity index (χ4v) is 3.11. The average Bonchev–Trinajstić information content (AvgIpc) is 2.65. The van der Waals surface area contributed by atoms with Gasteiger partial charge in [0.15, 0.2) is 5.78 Å². The molecule has 0 saturated carbocycles. The first-order valence-corrected chi connectivity index (χ1v) is 6.60. The number of hydrogen-bond acceptors (Lipinski definition) is 3. The van der Waals surface area contributed by atoms with Gasteiger partial charge in [-0.2, -0.15) is 0 Å². The number of aliphatic hydroxyl groups excluding tert-OH is 1. The van der Waals surface area contributed by atoms with Crippen LogP contribution >= 0.6 is 0 Å². The highest BCUT2D eigenvalue weighted by Crippen LogP contribution is 2.49. The monoisotopic (exact) mass is 250 g/mol. The van der Waals surface area contributed by atoms with Crippen LogP contribution in [0.25, 0.3) is 0 Å². The van der Waals surface area contributed by atoms with E-state index in [9.17, 15) is 9.90 Å². The topological polar surface area (TPSA) is 46.5 Å². The van der Waals surface area contributed by atoms with Gasteiger partial charge in [-0.05, 0) is 25.7 Å². The Bertz CT molecular complexity index is 399. The van der Waals surface area contributed by atoms with Crippen molar-refractivity contribution in [3.05, 3.63) is 24.8 Å². The predicted octanol–water partition coefficient (Wildman–Crippen LogP) is 2.25. The van der Waals surface area contributed by atoms with Crippen LogP contribution in [0.3, 0.4) is 0 Å². The van der Waals surface area contributed by atoms with E-state index < -0.39 is 17.3 Å². The van der Waals surface area contributed by atoms with E-state index >= 15 is 0 Å². The van der Waals surface area contributed by atoms with Gasteiger partial charge in [0.05, 0.1) is 11.5 Å². The van der Waals surface area contributed by atoms with Crippen molar-refractivity contribution in [2.75, 3.05) is 0 Å². The molecule has 0 unspecified atom stereocenters. The van der Waals surface area contributed by atoms with Gasteiger partial charge in [-0.1, -0.05) is 32.1 Å². The minimum atomic E-state index is -1.06. The maximum atomic E-state index is 12.4. The number of carbonyl (C=O) groups is 1. The van der Waals surface area contributed by atoms with E-state index in [1.807, 2.05) is 32.9 Å². The molecule has 3 heteroatoms. The maximum absolute atomic E-state index is 12.4. The summed E-state index contributed by atoms with van der Waals surface area (Å²) in [5.41, 5.74) is -1.42. The van der Waals surface area contributed by atoms with Gasteiger partial charge in [-0.3, -0.25) is 4.79 Å². The van der Waals surface area contributed by atoms with E-state index in [4.69, 9.17) is 4.74 Å². The number of carbonyl (C=O) groups excluding carboxylic acids is 1. The molecule has 0 aromatic carbocycles. The minimum Gasteiger partial charge on any atom is -0.382 e. The summed E-state index contributed by atoms with van der Waals surface area (Å²) in [7, 11) is 0. The molecule has 2 bridgehead atoms. The summed E-state index contributed by atoms with van der Waals surface area (Å²) < 4.78 is 6.11. The third kappa shape index (κ3) is 1.69. The molecule has 1 fully saturated rings. The van der Waals surface area contributed by atoms with E-state index in [1.54, 1.807) is 6.08 Å². The van der Waals surface area contributed by atoms with Gasteiger partial charge in [0.2, 0.25) is 0 Å². The van der Waals surface area contributed by atoms with Crippen molar-refractivity contribution in [3.8, 4) is 0 Å². The van der Waals surface area contributed by atoms with Crippen molar-refractivity contribution < 1.29 is 14.6 Å². The van der Waals surface area contributed by atoms with E-state index in [0.29, 0.717) is 6.42 Å². The predicted molar refractivity (Wildman–Crippen MR) is 70.1 cm³/mol. The van der Waals surface area contributed by atoms with Gasteiger partial charge in [-0.25, -0.2) is 0 Å². The van der Waals surface area contributed by atoms with Crippen molar-refractivity contribution in [1.29, 1.82) is 0 Å². The van der Waals surface area contributed by atoms with Gasteiger partial charge in [0.1, 0.15) is 11.7 Å². The summed E-state index contributed by atoms with van der Waals surface area (Å²) in [6.45, 7) is 9.56. The molecule has 0 aromatic rings. The minimum absolute atomic E-state index is 0.0647. The average molecular weight is 250 g/mol. The highest BCUT2D eigenvalue weighted by atomic mass is 16.5. The zero-order valence-electron chi connectivity index (χ0n) is 11.3. The first-order chi connectivity index (χ1) is 8.37. The van der Waals surface area contributed by atoms with E-state index in [0.717, 1.165) is 6.42 Å². The Balaban J connectivity index is 2.34. The second-order valence-corrected chi connectivity index (χ2v) is 5.85. The van der Waals surface area contributed by atoms with Crippen molar-refractivity contribution in [2.45, 2.75) is 50.9 Å². The molecule has 0 radical (unpaired) electrons. The van der Waals surface area contributed by atoms with Crippen LogP contribution in [0.15, 0.2) is 24.8 Å². The van der Waals surface area contributed by atoms with Gasteiger partial charge in [0.25, 0.3) is 0 Å². The van der Waals surface area contributed by atoms with Crippen LogP contribution < -0.4 is 0 Å². The summed E-state index contributed by atoms with van der Waals surface area (Å²) >= 11 is 0. The van der Waals surface area contributed by atoms with E-state index in [2.05, 4.69) is 6.58 Å². The second kappa shape index (κ2) is 4.32. The van der Waals surface area contributed by atoms with Crippen molar-refractivity contribution in [2.24, 2.45) is 11.8 Å². The van der Waals surface area contributed by atoms with Crippen molar-refractivity contribution in [1.82, 2.24) is 0 Å². The highest BCUT2D eigenvalue weighted by molar-refractivity contribution is 5.90. The van der Waals surface area contributed by atoms with Crippen LogP contribution in [-0.2, 0) is 9.53 Å². The molecule has 2 heterocycles. The lowest BCUT2D eigenvalue weighted by Gasteiger charge is -2.47. The molecule has 0 aliphatic carbocycles. The lowest BCUT2D eigenvalue weighted by Crippen LogP contribution is -2.61. The molecule has 0 spiro atoms. The molecule has 1 saturated heterocycles. The lowest BCUT2D eigenvalue weighted by molar-refractivity contribution is -0.211. The van der Waals surface area contributed by atoms with Crippen LogP contribution in [0.2, 0.25) is 0 Å². The fourth-order valence-electron chi connectivity index (χ4n) is 3.11. The third-order valence-corrected chi connectivity index (χ3v) is 4.37. The normalized spacial score (nSPS) is 42.6. The second-order valence-electron chi connectivity index (χ2n) is 5.85. The molecule has 2 rings (SSSR count). The summed E-state index contributed by atoms with van der Waals surface area (Å²) in [6.07, 6.45) is 6.01. The van der Waals surface area contributed by atoms with Gasteiger partial charge in [0, 0.05) is 0 Å². The van der Waals surface area contributed by atoms with Crippen molar-refractivity contribution in [3.63, 3.8) is 0 Å². The molecule has 1 N–H and O–H groups in total. The Morgan fingerprint density at radius 1 is 1.56 bits per heavy atom. The first-order valence-electron chi connectivity index (χ1n) is 6.60. The number of ether oxygens (including phenoxy) is 1. The lowest BCUT2D eigenvalue weighted by atomic mass is 9.74. The van der Waals surface area contributed by atoms with Crippen molar-refractivity contribution >= 4 is 5.78 Å². The molecule has 18 heavy (non-hydrogen) atoms. The van der Waals surface area contributed by atoms with Gasteiger partial charge in [-0.15, -0.1) is 6.58 Å². The molecule has 2 aliphatic heterocycles. The van der Waals surface area contributed by atoms with Crippen LogP contribution in [-0.4, -0.2) is 28.2 Å². The summed E-state index contributed by atoms with van der Waals surface area (Å²) in [4.78, 5) is 12.4. The Hall–Kier alpha value is -0.930. The van der Waals surface area contributed by atoms with E-state index in [-0.39, 0.29) is 17.6 Å². The number of Topliss-reactive ketones (excluding diaryl/α,β-unsaturated/α-hetero) is 1. The molecule has 2 aliphatic rings.